The summed E-state index contributed by atoms with van der Waals surface area (Å²) in [4.78, 5) is 59.7. The number of thioether (sulfide) groups is 1. The van der Waals surface area contributed by atoms with Gasteiger partial charge in [0, 0.05) is 11.3 Å². The van der Waals surface area contributed by atoms with Gasteiger partial charge in [0.25, 0.3) is 16.0 Å². The van der Waals surface area contributed by atoms with E-state index in [2.05, 4.69) is 5.32 Å². The number of aliphatic carboxylic acids is 2. The third-order valence-corrected chi connectivity index (χ3v) is 7.41. The number of esters is 1. The summed E-state index contributed by atoms with van der Waals surface area (Å²) in [7, 11) is -4.57. The number of hydrogen-bond acceptors (Lipinski definition) is 9. The van der Waals surface area contributed by atoms with Crippen LogP contribution in [0.3, 0.4) is 0 Å². The van der Waals surface area contributed by atoms with Crippen LogP contribution in [0.2, 0.25) is 0 Å². The van der Waals surface area contributed by atoms with E-state index in [0.717, 1.165) is 22.7 Å². The average molecular weight is 601 g/mol. The topological polar surface area (TPSA) is 205 Å². The molecule has 2 amide bonds. The molecule has 0 aromatic heterocycles. The van der Waals surface area contributed by atoms with Crippen LogP contribution in [0, 0.1) is 0 Å². The van der Waals surface area contributed by atoms with Crippen LogP contribution in [0.25, 0.3) is 0 Å². The number of β-lactam (4-membered cyclic amide) rings is 1. The summed E-state index contributed by atoms with van der Waals surface area (Å²) in [6.45, 7) is -0.437. The average Bonchev–Trinajstić information content (AvgIpc) is 2.78. The molecule has 0 saturated carbocycles. The van der Waals surface area contributed by atoms with E-state index in [0.29, 0.717) is 0 Å². The van der Waals surface area contributed by atoms with E-state index < -0.39 is 82.0 Å². The minimum atomic E-state index is -4.57. The molecule has 0 bridgehead atoms. The first-order valence-corrected chi connectivity index (χ1v) is 12.5. The Balaban J connectivity index is -0.00000114. The van der Waals surface area contributed by atoms with Crippen LogP contribution in [-0.2, 0) is 45.2 Å². The van der Waals surface area contributed by atoms with E-state index in [-0.39, 0.29) is 116 Å². The zero-order valence-corrected chi connectivity index (χ0v) is 28.5. The zero-order chi connectivity index (χ0) is 25.9. The fraction of sp³-hybridized carbons (Fsp3) is 0.350. The number of hydrogen-bond donors (Lipinski definition) is 4. The van der Waals surface area contributed by atoms with Crippen molar-refractivity contribution in [2.24, 2.45) is 0 Å². The van der Waals surface area contributed by atoms with Crippen LogP contribution in [0.4, 0.5) is 0 Å². The fourth-order valence-electron chi connectivity index (χ4n) is 3.54. The van der Waals surface area contributed by atoms with E-state index in [1.54, 1.807) is 0 Å². The molecule has 38 heavy (non-hydrogen) atoms. The first-order chi connectivity index (χ1) is 16.4. The molecule has 2 aliphatic rings. The number of ether oxygens (including phenoxy) is 1. The van der Waals surface area contributed by atoms with Gasteiger partial charge in [-0.25, -0.2) is 4.79 Å². The first kappa shape index (κ1) is 37.6. The fourth-order valence-corrected chi connectivity index (χ4v) is 5.59. The van der Waals surface area contributed by atoms with Gasteiger partial charge in [-0.1, -0.05) is 18.2 Å². The molecule has 0 unspecified atom stereocenters. The van der Waals surface area contributed by atoms with E-state index >= 15 is 0 Å². The van der Waals surface area contributed by atoms with Crippen molar-refractivity contribution in [2.75, 3.05) is 12.4 Å². The monoisotopic (exact) mass is 600 g/mol. The Morgan fingerprint density at radius 1 is 1.11 bits per heavy atom. The van der Waals surface area contributed by atoms with E-state index in [1.807, 2.05) is 0 Å². The van der Waals surface area contributed by atoms with E-state index in [4.69, 9.17) is 9.84 Å². The van der Waals surface area contributed by atoms with Gasteiger partial charge in [0.15, 0.2) is 0 Å². The summed E-state index contributed by atoms with van der Waals surface area (Å²) in [5.41, 5.74) is -0.222. The standard InChI is InChI=1S/C20H20N2O11S2.3Na.3H/c23-13(7-10-3-1-2-4-12(10)35(30,31)32)21-16-18(27)22-17(20(28)29)11(9-34-19(16)22)8-33-15(26)6-5-14(24)25;;;;;;/h1-4,16,19H,5-9H2,(H,21,23)(H,24,25)(H,28,29)(H,30,31,32);;;;;;/q;3*+1;3*-1/t16-,19-;;;;;;/m1....../s1. The molecule has 2 heterocycles. The third-order valence-electron chi connectivity index (χ3n) is 5.12. The van der Waals surface area contributed by atoms with Gasteiger partial charge in [-0.2, -0.15) is 8.42 Å². The molecule has 2 aliphatic heterocycles. The molecule has 194 valence electrons. The van der Waals surface area contributed by atoms with Crippen molar-refractivity contribution in [3.8, 4) is 0 Å². The van der Waals surface area contributed by atoms with Crippen LogP contribution in [0.5, 0.6) is 0 Å². The van der Waals surface area contributed by atoms with Gasteiger partial charge in [0.05, 0.1) is 24.2 Å². The number of carboxylic acids is 2. The maximum atomic E-state index is 12.7. The number of carboxylic acid groups (broad SMARTS) is 2. The van der Waals surface area contributed by atoms with Gasteiger partial charge < -0.3 is 24.5 Å². The summed E-state index contributed by atoms with van der Waals surface area (Å²) in [5, 5.41) is 19.9. The smallest absolute Gasteiger partial charge is 1.00 e. The van der Waals surface area contributed by atoms with Gasteiger partial charge in [0.1, 0.15) is 23.7 Å². The molecule has 13 nitrogen and oxygen atoms in total. The number of benzene rings is 1. The maximum Gasteiger partial charge on any atom is 1.00 e. The van der Waals surface area contributed by atoms with Crippen molar-refractivity contribution in [3.05, 3.63) is 41.1 Å². The number of nitrogens with one attached hydrogen (secondary N) is 1. The van der Waals surface area contributed by atoms with Crippen molar-refractivity contribution in [2.45, 2.75) is 35.6 Å². The zero-order valence-electron chi connectivity index (χ0n) is 23.9. The quantitative estimate of drug-likeness (QED) is 0.0856. The van der Waals surface area contributed by atoms with Crippen LogP contribution in [0.1, 0.15) is 22.7 Å². The second-order valence-corrected chi connectivity index (χ2v) is 10.0. The van der Waals surface area contributed by atoms with E-state index in [9.17, 15) is 42.0 Å². The summed E-state index contributed by atoms with van der Waals surface area (Å²) < 4.78 is 37.2. The Morgan fingerprint density at radius 3 is 2.32 bits per heavy atom. The van der Waals surface area contributed by atoms with Crippen molar-refractivity contribution in [1.82, 2.24) is 10.2 Å². The second kappa shape index (κ2) is 16.1. The molecule has 1 aromatic rings. The second-order valence-electron chi connectivity index (χ2n) is 7.53. The van der Waals surface area contributed by atoms with Gasteiger partial charge in [-0.3, -0.25) is 28.6 Å². The summed E-state index contributed by atoms with van der Waals surface area (Å²) in [6, 6.07) is 4.24. The van der Waals surface area contributed by atoms with E-state index in [1.165, 1.54) is 18.2 Å². The Bertz CT molecular complexity index is 1260. The van der Waals surface area contributed by atoms with Crippen molar-refractivity contribution < 1.29 is 145 Å². The van der Waals surface area contributed by atoms with Crippen LogP contribution in [0.15, 0.2) is 40.4 Å². The Morgan fingerprint density at radius 2 is 1.74 bits per heavy atom. The number of nitrogens with zero attached hydrogens (tertiary/aromatic N) is 1. The number of carbonyl (C=O) groups excluding carboxylic acids is 3. The number of amides is 2. The molecular formula is C20H23N2Na3O11S2. The largest absolute Gasteiger partial charge is 1.00 e. The van der Waals surface area contributed by atoms with Crippen LogP contribution < -0.4 is 94.0 Å². The summed E-state index contributed by atoms with van der Waals surface area (Å²) in [5.74, 6) is -4.82. The predicted molar refractivity (Wildman–Crippen MR) is 121 cm³/mol. The van der Waals surface area contributed by atoms with Crippen molar-refractivity contribution in [3.63, 3.8) is 0 Å². The van der Waals surface area contributed by atoms with Gasteiger partial charge in [-0.05, 0) is 11.6 Å². The van der Waals surface area contributed by atoms with Crippen LogP contribution >= 0.6 is 11.8 Å². The maximum absolute atomic E-state index is 12.7. The number of fused-ring (bicyclic) bond motifs is 1. The summed E-state index contributed by atoms with van der Waals surface area (Å²) in [6.07, 6.45) is -1.28. The molecule has 3 rings (SSSR count). The third kappa shape index (κ3) is 9.31. The SMILES string of the molecule is O=C(O)CCC(=O)OCC1=C(C(=O)O)N2C(=O)[C@@H](NC(=O)Cc3ccccc3S(=O)(=O)O)[C@H]2SC1.[H-].[H-].[H-].[Na+].[Na+].[Na+]. The molecular weight excluding hydrogens is 577 g/mol. The molecule has 0 spiro atoms. The van der Waals surface area contributed by atoms with Gasteiger partial charge in [0.2, 0.25) is 5.91 Å². The molecule has 1 aromatic carbocycles. The van der Waals surface area contributed by atoms with Gasteiger partial charge >= 0.3 is 107 Å². The number of rotatable bonds is 10. The Labute approximate surface area is 292 Å². The van der Waals surface area contributed by atoms with Crippen molar-refractivity contribution in [1.29, 1.82) is 0 Å². The Kier molecular flexibility index (Phi) is 15.9. The van der Waals surface area contributed by atoms with Crippen molar-refractivity contribution >= 4 is 51.6 Å². The molecule has 0 aliphatic carbocycles. The minimum absolute atomic E-state index is 0. The molecule has 2 atom stereocenters. The Hall–Kier alpha value is -0.430. The predicted octanol–water partition coefficient (Wildman–Crippen LogP) is -9.03. The van der Waals surface area contributed by atoms with Crippen LogP contribution in [-0.4, -0.2) is 81.6 Å². The van der Waals surface area contributed by atoms with Gasteiger partial charge in [-0.15, -0.1) is 11.8 Å². The normalized spacial score (nSPS) is 17.9. The molecule has 0 radical (unpaired) electrons. The molecule has 1 saturated heterocycles. The minimum Gasteiger partial charge on any atom is -1.00 e. The summed E-state index contributed by atoms with van der Waals surface area (Å²) >= 11 is 1.13. The molecule has 18 heteroatoms. The number of carbonyl (C=O) groups is 5. The molecule has 4 N–H and O–H groups in total. The molecule has 1 fully saturated rings. The first-order valence-electron chi connectivity index (χ1n) is 10.0.